The van der Waals surface area contributed by atoms with Gasteiger partial charge in [-0.2, -0.15) is 0 Å². The highest BCUT2D eigenvalue weighted by Crippen LogP contribution is 2.21. The van der Waals surface area contributed by atoms with E-state index in [4.69, 9.17) is 17.3 Å². The van der Waals surface area contributed by atoms with Gasteiger partial charge in [0.1, 0.15) is 0 Å². The first kappa shape index (κ1) is 31.9. The number of amides is 1. The summed E-state index contributed by atoms with van der Waals surface area (Å²) in [5, 5.41) is 10.1. The summed E-state index contributed by atoms with van der Waals surface area (Å²) in [5.74, 6) is 5.29. The van der Waals surface area contributed by atoms with E-state index in [1.165, 1.54) is 0 Å². The molecule has 0 fully saturated rings. The minimum atomic E-state index is -0.715. The molecule has 0 aliphatic heterocycles. The normalized spacial score (nSPS) is 14.2. The minimum Gasteiger partial charge on any atom is -0.345 e. The lowest BCUT2D eigenvalue weighted by Crippen LogP contribution is -2.62. The maximum atomic E-state index is 13.7. The molecule has 0 aliphatic carbocycles. The molecule has 196 valence electrons. The Kier molecular flexibility index (Phi) is 16.8. The van der Waals surface area contributed by atoms with Crippen LogP contribution in [0.2, 0.25) is 0 Å². The average molecular weight is 472 g/mol. The zero-order valence-corrected chi connectivity index (χ0v) is 21.9. The van der Waals surface area contributed by atoms with Crippen LogP contribution in [-0.2, 0) is 9.59 Å². The van der Waals surface area contributed by atoms with E-state index in [1.807, 2.05) is 13.8 Å². The number of unbranched alkanes of at least 4 members (excludes halogenated alkanes) is 1. The Bertz CT molecular complexity index is 537. The molecule has 2 atom stereocenters. The average Bonchev–Trinajstić information content (AvgIpc) is 2.83. The van der Waals surface area contributed by atoms with Gasteiger partial charge in [0, 0.05) is 18.6 Å². The van der Waals surface area contributed by atoms with Crippen molar-refractivity contribution in [2.24, 2.45) is 17.3 Å². The highest BCUT2D eigenvalue weighted by Gasteiger charge is 2.40. The summed E-state index contributed by atoms with van der Waals surface area (Å²) in [5.41, 5.74) is 13.2. The number of carbonyl (C=O) groups is 2. The lowest BCUT2D eigenvalue weighted by Gasteiger charge is -2.37. The quantitative estimate of drug-likeness (QED) is 0.0743. The lowest BCUT2D eigenvalue weighted by atomic mass is 9.82. The predicted molar refractivity (Wildman–Crippen MR) is 138 cm³/mol. The molecule has 33 heavy (non-hydrogen) atoms. The van der Waals surface area contributed by atoms with Gasteiger partial charge >= 0.3 is 0 Å². The Balaban J connectivity index is 5.71. The Hall–Kier alpha value is -1.10. The third-order valence-corrected chi connectivity index (χ3v) is 7.09. The van der Waals surface area contributed by atoms with Crippen molar-refractivity contribution in [2.45, 2.75) is 116 Å². The van der Waals surface area contributed by atoms with E-state index in [0.29, 0.717) is 58.3 Å². The van der Waals surface area contributed by atoms with E-state index >= 15 is 0 Å². The van der Waals surface area contributed by atoms with Gasteiger partial charge in [0.25, 0.3) is 0 Å². The summed E-state index contributed by atoms with van der Waals surface area (Å²) in [6, 6.07) is -0.964. The van der Waals surface area contributed by atoms with Crippen LogP contribution in [0.4, 0.5) is 0 Å². The van der Waals surface area contributed by atoms with Gasteiger partial charge in [-0.05, 0) is 71.4 Å². The maximum absolute atomic E-state index is 13.7. The third kappa shape index (κ3) is 10.8. The van der Waals surface area contributed by atoms with Crippen molar-refractivity contribution in [1.82, 2.24) is 21.4 Å². The number of nitrogens with one attached hydrogen (secondary N) is 4. The summed E-state index contributed by atoms with van der Waals surface area (Å²) in [4.78, 5) is 27.2. The van der Waals surface area contributed by atoms with Crippen molar-refractivity contribution < 1.29 is 9.59 Å². The van der Waals surface area contributed by atoms with Crippen molar-refractivity contribution in [3.8, 4) is 0 Å². The molecule has 9 nitrogen and oxygen atoms in total. The number of Topliss-reactive ketones (excluding diaryl/α,β-unsaturated/α-hetero) is 1. The highest BCUT2D eigenvalue weighted by molar-refractivity contribution is 5.96. The molecule has 0 heterocycles. The second-order valence-corrected chi connectivity index (χ2v) is 9.28. The molecular weight excluding hydrogens is 418 g/mol. The molecule has 0 bridgehead atoms. The molecule has 0 aromatic heterocycles. The first-order valence-electron chi connectivity index (χ1n) is 12.9. The molecule has 0 aliphatic rings. The fourth-order valence-corrected chi connectivity index (χ4v) is 4.14. The number of hydrazine groups is 1. The van der Waals surface area contributed by atoms with Crippen molar-refractivity contribution in [3.05, 3.63) is 0 Å². The smallest absolute Gasteiger partial charge is 0.237 e. The molecule has 9 heteroatoms. The summed E-state index contributed by atoms with van der Waals surface area (Å²) in [6.07, 6.45) is 6.67. The molecule has 0 spiro atoms. The van der Waals surface area contributed by atoms with Crippen LogP contribution in [0.5, 0.6) is 0 Å². The molecule has 2 unspecified atom stereocenters. The molecule has 10 N–H and O–H groups in total. The zero-order chi connectivity index (χ0) is 25.3. The van der Waals surface area contributed by atoms with Gasteiger partial charge < -0.3 is 27.4 Å². The van der Waals surface area contributed by atoms with Crippen LogP contribution in [0.25, 0.3) is 0 Å². The molecule has 0 saturated carbocycles. The van der Waals surface area contributed by atoms with E-state index in [0.717, 1.165) is 25.7 Å². The highest BCUT2D eigenvalue weighted by atomic mass is 16.2. The van der Waals surface area contributed by atoms with Gasteiger partial charge in [0.15, 0.2) is 5.78 Å². The fraction of sp³-hybridized carbons (Fsp3) is 0.917. The Morgan fingerprint density at radius 2 is 1.39 bits per heavy atom. The Morgan fingerprint density at radius 1 is 0.818 bits per heavy atom. The van der Waals surface area contributed by atoms with Gasteiger partial charge in [-0.3, -0.25) is 20.9 Å². The largest absolute Gasteiger partial charge is 0.345 e. The SMILES string of the molecule is CCC(C)(CC)NC(CCCCN)C(=O)NC(CCCN)C(=O)C(CC)(CC)NCCNN. The van der Waals surface area contributed by atoms with Gasteiger partial charge in [0.05, 0.1) is 17.6 Å². The number of ketones is 1. The number of hydrogen-bond donors (Lipinski definition) is 7. The first-order chi connectivity index (χ1) is 15.7. The molecular formula is C24H53N7O2. The van der Waals surface area contributed by atoms with Crippen LogP contribution >= 0.6 is 0 Å². The van der Waals surface area contributed by atoms with Crippen LogP contribution in [0.15, 0.2) is 0 Å². The number of carbonyl (C=O) groups excluding carboxylic acids is 2. The standard InChI is InChI=1S/C24H53N7O2/c1-6-23(5,7-2)31-20(13-10-11-15-25)22(33)30-19(14-12-16-26)21(32)24(8-3,9-4)28-17-18-29-27/h19-20,28-29,31H,6-18,25-27H2,1-5H3,(H,30,33). The topological polar surface area (TPSA) is 160 Å². The molecule has 0 rings (SSSR count). The third-order valence-electron chi connectivity index (χ3n) is 7.09. The van der Waals surface area contributed by atoms with Crippen LogP contribution < -0.4 is 38.7 Å². The van der Waals surface area contributed by atoms with Crippen molar-refractivity contribution in [2.75, 3.05) is 26.2 Å². The summed E-state index contributed by atoms with van der Waals surface area (Å²) in [7, 11) is 0. The van der Waals surface area contributed by atoms with E-state index < -0.39 is 11.6 Å². The first-order valence-corrected chi connectivity index (χ1v) is 12.9. The molecule has 1 amide bonds. The second-order valence-electron chi connectivity index (χ2n) is 9.28. The van der Waals surface area contributed by atoms with Crippen LogP contribution in [0.1, 0.15) is 92.4 Å². The van der Waals surface area contributed by atoms with Gasteiger partial charge in [-0.25, -0.2) is 0 Å². The summed E-state index contributed by atoms with van der Waals surface area (Å²) in [6.45, 7) is 12.6. The van der Waals surface area contributed by atoms with E-state index in [2.05, 4.69) is 42.1 Å². The number of rotatable bonds is 21. The molecule has 0 aromatic carbocycles. The lowest BCUT2D eigenvalue weighted by molar-refractivity contribution is -0.133. The number of hydrogen-bond acceptors (Lipinski definition) is 8. The van der Waals surface area contributed by atoms with Crippen LogP contribution in [0, 0.1) is 0 Å². The van der Waals surface area contributed by atoms with E-state index in [1.54, 1.807) is 0 Å². The van der Waals surface area contributed by atoms with E-state index in [-0.39, 0.29) is 23.3 Å². The maximum Gasteiger partial charge on any atom is 0.237 e. The summed E-state index contributed by atoms with van der Waals surface area (Å²) >= 11 is 0. The van der Waals surface area contributed by atoms with Crippen molar-refractivity contribution in [1.29, 1.82) is 0 Å². The minimum absolute atomic E-state index is 0.0146. The van der Waals surface area contributed by atoms with Crippen LogP contribution in [-0.4, -0.2) is 61.0 Å². The molecule has 0 aromatic rings. The van der Waals surface area contributed by atoms with E-state index in [9.17, 15) is 9.59 Å². The number of nitrogens with two attached hydrogens (primary N) is 3. The van der Waals surface area contributed by atoms with Gasteiger partial charge in [-0.15, -0.1) is 0 Å². The zero-order valence-electron chi connectivity index (χ0n) is 21.9. The Labute approximate surface area is 202 Å². The molecule has 0 radical (unpaired) electrons. The monoisotopic (exact) mass is 471 g/mol. The second kappa shape index (κ2) is 17.4. The van der Waals surface area contributed by atoms with Crippen molar-refractivity contribution in [3.63, 3.8) is 0 Å². The summed E-state index contributed by atoms with van der Waals surface area (Å²) < 4.78 is 0. The predicted octanol–water partition coefficient (Wildman–Crippen LogP) is 1.06. The van der Waals surface area contributed by atoms with Gasteiger partial charge in [-0.1, -0.05) is 34.1 Å². The van der Waals surface area contributed by atoms with Crippen molar-refractivity contribution >= 4 is 11.7 Å². The fourth-order valence-electron chi connectivity index (χ4n) is 4.14. The van der Waals surface area contributed by atoms with Gasteiger partial charge in [0.2, 0.25) is 5.91 Å². The Morgan fingerprint density at radius 3 is 1.88 bits per heavy atom. The van der Waals surface area contributed by atoms with Crippen LogP contribution in [0.3, 0.4) is 0 Å². The molecule has 0 saturated heterocycles.